The summed E-state index contributed by atoms with van der Waals surface area (Å²) >= 11 is 0. The lowest BCUT2D eigenvalue weighted by Gasteiger charge is -2.08. The SMILES string of the molecule is Cc1ccc(NC(=O)CCCNC(=O)c2ccc(F)cc2F)cc1C. The molecule has 2 aromatic rings. The Balaban J connectivity index is 1.75. The number of halogens is 2. The molecular weight excluding hydrogens is 326 g/mol. The van der Waals surface area contributed by atoms with E-state index < -0.39 is 17.5 Å². The van der Waals surface area contributed by atoms with Crippen molar-refractivity contribution in [2.45, 2.75) is 26.7 Å². The maximum absolute atomic E-state index is 13.5. The number of amides is 2. The van der Waals surface area contributed by atoms with Crippen molar-refractivity contribution < 1.29 is 18.4 Å². The Morgan fingerprint density at radius 2 is 1.76 bits per heavy atom. The molecule has 0 aliphatic heterocycles. The maximum atomic E-state index is 13.5. The molecule has 0 heterocycles. The summed E-state index contributed by atoms with van der Waals surface area (Å²) in [6.07, 6.45) is 0.629. The van der Waals surface area contributed by atoms with Gasteiger partial charge in [0.05, 0.1) is 5.56 Å². The van der Waals surface area contributed by atoms with Gasteiger partial charge in [-0.25, -0.2) is 8.78 Å². The van der Waals surface area contributed by atoms with Crippen molar-refractivity contribution in [3.8, 4) is 0 Å². The quantitative estimate of drug-likeness (QED) is 0.783. The zero-order valence-electron chi connectivity index (χ0n) is 14.2. The van der Waals surface area contributed by atoms with E-state index in [1.165, 1.54) is 0 Å². The van der Waals surface area contributed by atoms with Crippen LogP contribution in [-0.4, -0.2) is 18.4 Å². The number of rotatable bonds is 6. The number of carbonyl (C=O) groups is 2. The second kappa shape index (κ2) is 8.37. The molecule has 0 saturated carbocycles. The van der Waals surface area contributed by atoms with Crippen molar-refractivity contribution in [3.05, 3.63) is 64.7 Å². The number of carbonyl (C=O) groups excluding carboxylic acids is 2. The van der Waals surface area contributed by atoms with E-state index in [1.54, 1.807) is 0 Å². The van der Waals surface area contributed by atoms with Crippen molar-refractivity contribution in [1.82, 2.24) is 5.32 Å². The van der Waals surface area contributed by atoms with E-state index >= 15 is 0 Å². The molecule has 2 N–H and O–H groups in total. The summed E-state index contributed by atoms with van der Waals surface area (Å²) in [4.78, 5) is 23.7. The van der Waals surface area contributed by atoms with Crippen LogP contribution in [-0.2, 0) is 4.79 Å². The summed E-state index contributed by atoms with van der Waals surface area (Å²) in [5, 5.41) is 5.31. The molecule has 0 aliphatic carbocycles. The van der Waals surface area contributed by atoms with Crippen LogP contribution in [0.3, 0.4) is 0 Å². The van der Waals surface area contributed by atoms with Gasteiger partial charge in [-0.3, -0.25) is 9.59 Å². The molecule has 0 atom stereocenters. The second-order valence-electron chi connectivity index (χ2n) is 5.83. The van der Waals surface area contributed by atoms with Gasteiger partial charge >= 0.3 is 0 Å². The van der Waals surface area contributed by atoms with Crippen LogP contribution in [0.25, 0.3) is 0 Å². The number of nitrogens with one attached hydrogen (secondary N) is 2. The fourth-order valence-electron chi connectivity index (χ4n) is 2.26. The second-order valence-corrected chi connectivity index (χ2v) is 5.83. The molecule has 2 rings (SSSR count). The Kier molecular flexibility index (Phi) is 6.22. The van der Waals surface area contributed by atoms with Gasteiger partial charge < -0.3 is 10.6 Å². The molecule has 132 valence electrons. The predicted molar refractivity (Wildman–Crippen MR) is 92.5 cm³/mol. The van der Waals surface area contributed by atoms with Crippen LogP contribution in [0.1, 0.15) is 34.3 Å². The number of hydrogen-bond donors (Lipinski definition) is 2. The minimum atomic E-state index is -0.912. The van der Waals surface area contributed by atoms with E-state index in [0.29, 0.717) is 12.5 Å². The molecule has 4 nitrogen and oxygen atoms in total. The monoisotopic (exact) mass is 346 g/mol. The first-order valence-electron chi connectivity index (χ1n) is 7.97. The van der Waals surface area contributed by atoms with E-state index in [-0.39, 0.29) is 24.4 Å². The van der Waals surface area contributed by atoms with E-state index in [4.69, 9.17) is 0 Å². The third-order valence-electron chi connectivity index (χ3n) is 3.83. The van der Waals surface area contributed by atoms with Crippen LogP contribution in [0.5, 0.6) is 0 Å². The molecule has 2 aromatic carbocycles. The van der Waals surface area contributed by atoms with Gasteiger partial charge in [-0.2, -0.15) is 0 Å². The van der Waals surface area contributed by atoms with E-state index in [1.807, 2.05) is 32.0 Å². The number of aryl methyl sites for hydroxylation is 2. The molecule has 2 amide bonds. The standard InChI is InChI=1S/C19H20F2N2O2/c1-12-5-7-15(10-13(12)2)23-18(24)4-3-9-22-19(25)16-8-6-14(20)11-17(16)21/h5-8,10-11H,3-4,9H2,1-2H3,(H,22,25)(H,23,24). The number of anilines is 1. The molecule has 0 fully saturated rings. The Morgan fingerprint density at radius 3 is 2.44 bits per heavy atom. The summed E-state index contributed by atoms with van der Waals surface area (Å²) in [7, 11) is 0. The zero-order chi connectivity index (χ0) is 18.4. The number of hydrogen-bond acceptors (Lipinski definition) is 2. The maximum Gasteiger partial charge on any atom is 0.254 e. The number of benzene rings is 2. The van der Waals surface area contributed by atoms with Crippen LogP contribution >= 0.6 is 0 Å². The van der Waals surface area contributed by atoms with Gasteiger partial charge in [0, 0.05) is 24.7 Å². The Bertz CT molecular complexity index is 791. The third-order valence-corrected chi connectivity index (χ3v) is 3.83. The lowest BCUT2D eigenvalue weighted by molar-refractivity contribution is -0.116. The predicted octanol–water partition coefficient (Wildman–Crippen LogP) is 3.73. The van der Waals surface area contributed by atoms with Crippen molar-refractivity contribution in [2.24, 2.45) is 0 Å². The summed E-state index contributed by atoms with van der Waals surface area (Å²) in [5.41, 5.74) is 2.74. The average Bonchev–Trinajstić information content (AvgIpc) is 2.55. The molecular formula is C19H20F2N2O2. The van der Waals surface area contributed by atoms with Gasteiger partial charge in [0.1, 0.15) is 11.6 Å². The first kappa shape index (κ1) is 18.6. The van der Waals surface area contributed by atoms with Gasteiger partial charge in [0.25, 0.3) is 5.91 Å². The smallest absolute Gasteiger partial charge is 0.254 e. The minimum absolute atomic E-state index is 0.162. The van der Waals surface area contributed by atoms with Crippen molar-refractivity contribution in [2.75, 3.05) is 11.9 Å². The summed E-state index contributed by atoms with van der Waals surface area (Å²) < 4.78 is 26.3. The Hall–Kier alpha value is -2.76. The van der Waals surface area contributed by atoms with Gasteiger partial charge in [0.2, 0.25) is 5.91 Å². The molecule has 0 unspecified atom stereocenters. The van der Waals surface area contributed by atoms with E-state index in [2.05, 4.69) is 10.6 Å². The molecule has 25 heavy (non-hydrogen) atoms. The van der Waals surface area contributed by atoms with Gasteiger partial charge in [-0.05, 0) is 55.7 Å². The fraction of sp³-hybridized carbons (Fsp3) is 0.263. The third kappa shape index (κ3) is 5.38. The van der Waals surface area contributed by atoms with Crippen molar-refractivity contribution in [3.63, 3.8) is 0 Å². The van der Waals surface area contributed by atoms with Gasteiger partial charge in [-0.15, -0.1) is 0 Å². The fourth-order valence-corrected chi connectivity index (χ4v) is 2.26. The first-order chi connectivity index (χ1) is 11.9. The van der Waals surface area contributed by atoms with Gasteiger partial charge in [0.15, 0.2) is 0 Å². The largest absolute Gasteiger partial charge is 0.352 e. The lowest BCUT2D eigenvalue weighted by Crippen LogP contribution is -2.26. The van der Waals surface area contributed by atoms with Crippen LogP contribution in [0.2, 0.25) is 0 Å². The van der Waals surface area contributed by atoms with Crippen LogP contribution in [0, 0.1) is 25.5 Å². The molecule has 0 spiro atoms. The molecule has 0 saturated heterocycles. The highest BCUT2D eigenvalue weighted by Crippen LogP contribution is 2.14. The van der Waals surface area contributed by atoms with Crippen molar-refractivity contribution in [1.29, 1.82) is 0 Å². The highest BCUT2D eigenvalue weighted by atomic mass is 19.1. The highest BCUT2D eigenvalue weighted by Gasteiger charge is 2.12. The lowest BCUT2D eigenvalue weighted by atomic mass is 10.1. The van der Waals surface area contributed by atoms with Crippen LogP contribution in [0.15, 0.2) is 36.4 Å². The van der Waals surface area contributed by atoms with E-state index in [0.717, 1.165) is 28.9 Å². The van der Waals surface area contributed by atoms with Crippen molar-refractivity contribution >= 4 is 17.5 Å². The van der Waals surface area contributed by atoms with Crippen LogP contribution in [0.4, 0.5) is 14.5 Å². The highest BCUT2D eigenvalue weighted by molar-refractivity contribution is 5.94. The normalized spacial score (nSPS) is 10.4. The van der Waals surface area contributed by atoms with Gasteiger partial charge in [-0.1, -0.05) is 6.07 Å². The minimum Gasteiger partial charge on any atom is -0.352 e. The van der Waals surface area contributed by atoms with E-state index in [9.17, 15) is 18.4 Å². The van der Waals surface area contributed by atoms with Crippen LogP contribution < -0.4 is 10.6 Å². The molecule has 0 aliphatic rings. The summed E-state index contributed by atoms with van der Waals surface area (Å²) in [6.45, 7) is 4.18. The summed E-state index contributed by atoms with van der Waals surface area (Å²) in [5.74, 6) is -2.44. The Morgan fingerprint density at radius 1 is 1.00 bits per heavy atom. The Labute approximate surface area is 145 Å². The molecule has 0 bridgehead atoms. The summed E-state index contributed by atoms with van der Waals surface area (Å²) in [6, 6.07) is 8.43. The molecule has 0 radical (unpaired) electrons. The molecule has 6 heteroatoms. The molecule has 0 aromatic heterocycles. The topological polar surface area (TPSA) is 58.2 Å². The average molecular weight is 346 g/mol. The first-order valence-corrected chi connectivity index (χ1v) is 7.97. The zero-order valence-corrected chi connectivity index (χ0v) is 14.2.